The van der Waals surface area contributed by atoms with Crippen LogP contribution in [0.5, 0.6) is 0 Å². The maximum Gasteiger partial charge on any atom is 0.244 e. The first-order chi connectivity index (χ1) is 13.3. The van der Waals surface area contributed by atoms with Gasteiger partial charge in [-0.15, -0.1) is 0 Å². The Bertz CT molecular complexity index is 987. The quantitative estimate of drug-likeness (QED) is 0.588. The average Bonchev–Trinajstić information content (AvgIpc) is 2.97. The molecule has 144 valence electrons. The van der Waals surface area contributed by atoms with Crippen LogP contribution in [0.1, 0.15) is 21.5 Å². The highest BCUT2D eigenvalue weighted by atomic mass is 35.5. The van der Waals surface area contributed by atoms with Crippen molar-refractivity contribution in [2.45, 2.75) is 13.8 Å². The van der Waals surface area contributed by atoms with Crippen LogP contribution in [0.4, 0.5) is 5.69 Å². The Morgan fingerprint density at radius 1 is 1.18 bits per heavy atom. The zero-order valence-electron chi connectivity index (χ0n) is 15.5. The highest BCUT2D eigenvalue weighted by Crippen LogP contribution is 2.29. The molecule has 2 amide bonds. The summed E-state index contributed by atoms with van der Waals surface area (Å²) in [6, 6.07) is 12.4. The number of hydrogen-bond acceptors (Lipinski definition) is 4. The summed E-state index contributed by atoms with van der Waals surface area (Å²) in [4.78, 5) is 38.6. The van der Waals surface area contributed by atoms with Gasteiger partial charge in [0.25, 0.3) is 0 Å². The number of allylic oxidation sites excluding steroid dienone is 1. The molecule has 5 nitrogen and oxygen atoms in total. The Hall–Kier alpha value is -2.57. The molecule has 0 aromatic heterocycles. The Kier molecular flexibility index (Phi) is 6.21. The van der Waals surface area contributed by atoms with Gasteiger partial charge < -0.3 is 5.32 Å². The Morgan fingerprint density at radius 3 is 2.64 bits per heavy atom. The monoisotopic (exact) mass is 414 g/mol. The van der Waals surface area contributed by atoms with E-state index in [1.165, 1.54) is 22.7 Å². The second kappa shape index (κ2) is 8.63. The summed E-state index contributed by atoms with van der Waals surface area (Å²) in [5.74, 6) is -0.512. The third-order valence-corrected chi connectivity index (χ3v) is 5.60. The van der Waals surface area contributed by atoms with Crippen molar-refractivity contribution in [1.82, 2.24) is 4.90 Å². The number of amides is 2. The smallest absolute Gasteiger partial charge is 0.244 e. The van der Waals surface area contributed by atoms with Gasteiger partial charge in [-0.3, -0.25) is 19.3 Å². The molecule has 28 heavy (non-hydrogen) atoms. The number of nitrogens with one attached hydrogen (secondary N) is 1. The molecule has 3 rings (SSSR count). The number of aryl methyl sites for hydroxylation is 2. The van der Waals surface area contributed by atoms with Crippen molar-refractivity contribution in [3.63, 3.8) is 0 Å². The molecule has 1 aliphatic rings. The van der Waals surface area contributed by atoms with Gasteiger partial charge in [0.05, 0.1) is 10.8 Å². The van der Waals surface area contributed by atoms with E-state index in [2.05, 4.69) is 5.32 Å². The van der Waals surface area contributed by atoms with Gasteiger partial charge in [0, 0.05) is 22.3 Å². The van der Waals surface area contributed by atoms with Crippen molar-refractivity contribution in [2.75, 3.05) is 17.6 Å². The zero-order chi connectivity index (χ0) is 20.3. The van der Waals surface area contributed by atoms with Gasteiger partial charge in [-0.1, -0.05) is 47.6 Å². The lowest BCUT2D eigenvalue weighted by Gasteiger charge is -2.17. The first-order valence-corrected chi connectivity index (χ1v) is 10.0. The van der Waals surface area contributed by atoms with Crippen LogP contribution >= 0.6 is 23.4 Å². The number of thioether (sulfide) groups is 1. The van der Waals surface area contributed by atoms with Crippen molar-refractivity contribution < 1.29 is 14.4 Å². The molecule has 2 aromatic carbocycles. The first-order valence-electron chi connectivity index (χ1n) is 8.66. The number of hydrogen-bond donors (Lipinski definition) is 1. The van der Waals surface area contributed by atoms with Gasteiger partial charge in [-0.25, -0.2) is 0 Å². The number of benzene rings is 2. The molecular weight excluding hydrogens is 396 g/mol. The predicted molar refractivity (Wildman–Crippen MR) is 113 cm³/mol. The first kappa shape index (κ1) is 20.2. The summed E-state index contributed by atoms with van der Waals surface area (Å²) in [7, 11) is 0. The Morgan fingerprint density at radius 2 is 1.93 bits per heavy atom. The van der Waals surface area contributed by atoms with Crippen LogP contribution in [0.2, 0.25) is 5.02 Å². The third-order valence-electron chi connectivity index (χ3n) is 4.34. The minimum absolute atomic E-state index is 0.152. The van der Waals surface area contributed by atoms with E-state index in [0.717, 1.165) is 11.1 Å². The number of ketones is 1. The molecule has 1 N–H and O–H groups in total. The van der Waals surface area contributed by atoms with Crippen LogP contribution in [0.15, 0.2) is 53.6 Å². The lowest BCUT2D eigenvalue weighted by molar-refractivity contribution is -0.129. The number of anilines is 1. The van der Waals surface area contributed by atoms with Crippen LogP contribution < -0.4 is 5.32 Å². The summed E-state index contributed by atoms with van der Waals surface area (Å²) in [5.41, 5.74) is 2.90. The minimum atomic E-state index is -0.337. The largest absolute Gasteiger partial charge is 0.324 e. The van der Waals surface area contributed by atoms with Gasteiger partial charge >= 0.3 is 0 Å². The standard InChI is InChI=1S/C21H19ClN2O3S/c1-13-5-3-4-6-16(13)18(25)10-21-24(20(27)12-28-21)11-19(26)23-17-8-7-15(22)9-14(17)2/h3-10H,11-12H2,1-2H3,(H,23,26)/b21-10-. The van der Waals surface area contributed by atoms with Crippen LogP contribution in [-0.2, 0) is 9.59 Å². The van der Waals surface area contributed by atoms with E-state index in [4.69, 9.17) is 11.6 Å². The van der Waals surface area contributed by atoms with Gasteiger partial charge in [0.2, 0.25) is 11.8 Å². The lowest BCUT2D eigenvalue weighted by Crippen LogP contribution is -2.34. The Labute approximate surface area is 172 Å². The van der Waals surface area contributed by atoms with Crippen molar-refractivity contribution in [1.29, 1.82) is 0 Å². The maximum atomic E-state index is 12.6. The van der Waals surface area contributed by atoms with E-state index in [-0.39, 0.29) is 29.9 Å². The van der Waals surface area contributed by atoms with Crippen molar-refractivity contribution in [3.8, 4) is 0 Å². The minimum Gasteiger partial charge on any atom is -0.324 e. The maximum absolute atomic E-state index is 12.6. The molecule has 0 bridgehead atoms. The number of carbonyl (C=O) groups is 3. The summed E-state index contributed by atoms with van der Waals surface area (Å²) in [6.45, 7) is 3.55. The number of carbonyl (C=O) groups excluding carboxylic acids is 3. The van der Waals surface area contributed by atoms with Crippen molar-refractivity contribution in [3.05, 3.63) is 75.3 Å². The summed E-state index contributed by atoms with van der Waals surface area (Å²) < 4.78 is 0. The lowest BCUT2D eigenvalue weighted by atomic mass is 10.1. The van der Waals surface area contributed by atoms with Gasteiger partial charge in [-0.2, -0.15) is 0 Å². The fourth-order valence-corrected chi connectivity index (χ4v) is 4.01. The fourth-order valence-electron chi connectivity index (χ4n) is 2.84. The Balaban J connectivity index is 1.74. The molecule has 0 unspecified atom stereocenters. The van der Waals surface area contributed by atoms with E-state index in [1.807, 2.05) is 26.0 Å². The molecule has 1 heterocycles. The SMILES string of the molecule is Cc1cc(Cl)ccc1NC(=O)CN1C(=O)CS/C1=C\C(=O)c1ccccc1C. The van der Waals surface area contributed by atoms with Crippen LogP contribution in [0, 0.1) is 13.8 Å². The molecule has 0 saturated carbocycles. The van der Waals surface area contributed by atoms with Gasteiger partial charge in [0.1, 0.15) is 6.54 Å². The van der Waals surface area contributed by atoms with E-state index in [9.17, 15) is 14.4 Å². The highest BCUT2D eigenvalue weighted by molar-refractivity contribution is 8.04. The highest BCUT2D eigenvalue weighted by Gasteiger charge is 2.29. The molecule has 1 fully saturated rings. The fraction of sp³-hybridized carbons (Fsp3) is 0.190. The van der Waals surface area contributed by atoms with Crippen LogP contribution in [-0.4, -0.2) is 34.8 Å². The normalized spacial score (nSPS) is 15.2. The summed E-state index contributed by atoms with van der Waals surface area (Å²) in [6.07, 6.45) is 1.43. The summed E-state index contributed by atoms with van der Waals surface area (Å²) >= 11 is 7.19. The molecular formula is C21H19ClN2O3S. The molecule has 1 saturated heterocycles. The molecule has 7 heteroatoms. The predicted octanol–water partition coefficient (Wildman–Crippen LogP) is 4.20. The molecule has 2 aromatic rings. The second-order valence-corrected chi connectivity index (χ2v) is 7.87. The van der Waals surface area contributed by atoms with E-state index in [0.29, 0.717) is 21.3 Å². The van der Waals surface area contributed by atoms with Crippen LogP contribution in [0.3, 0.4) is 0 Å². The van der Waals surface area contributed by atoms with Gasteiger partial charge in [-0.05, 0) is 43.2 Å². The molecule has 0 spiro atoms. The molecule has 1 aliphatic heterocycles. The average molecular weight is 415 g/mol. The number of rotatable bonds is 5. The summed E-state index contributed by atoms with van der Waals surface area (Å²) in [5, 5.41) is 3.86. The third kappa shape index (κ3) is 4.64. The number of nitrogens with zero attached hydrogens (tertiary/aromatic N) is 1. The van der Waals surface area contributed by atoms with E-state index >= 15 is 0 Å². The zero-order valence-corrected chi connectivity index (χ0v) is 17.1. The van der Waals surface area contributed by atoms with Crippen LogP contribution in [0.25, 0.3) is 0 Å². The van der Waals surface area contributed by atoms with E-state index < -0.39 is 0 Å². The van der Waals surface area contributed by atoms with Gasteiger partial charge in [0.15, 0.2) is 5.78 Å². The molecule has 0 radical (unpaired) electrons. The van der Waals surface area contributed by atoms with Crippen molar-refractivity contribution in [2.24, 2.45) is 0 Å². The molecule has 0 aliphatic carbocycles. The molecule has 0 atom stereocenters. The number of halogens is 1. The topological polar surface area (TPSA) is 66.5 Å². The van der Waals surface area contributed by atoms with E-state index in [1.54, 1.807) is 30.3 Å². The second-order valence-electron chi connectivity index (χ2n) is 6.44. The van der Waals surface area contributed by atoms with Crippen molar-refractivity contribution >= 4 is 46.6 Å².